The molecule has 0 saturated carbocycles. The number of sulfone groups is 1. The molecule has 1 aliphatic rings. The molecule has 1 N–H and O–H groups in total. The Bertz CT molecular complexity index is 1410. The first kappa shape index (κ1) is 27.7. The third kappa shape index (κ3) is 6.05. The van der Waals surface area contributed by atoms with Crippen molar-refractivity contribution >= 4 is 15.7 Å². The van der Waals surface area contributed by atoms with Gasteiger partial charge in [-0.05, 0) is 47.4 Å². The number of nitrogens with zero attached hydrogens (tertiary/aromatic N) is 3. The van der Waals surface area contributed by atoms with Gasteiger partial charge in [0.05, 0.1) is 39.2 Å². The maximum Gasteiger partial charge on any atom is 0.417 e. The summed E-state index contributed by atoms with van der Waals surface area (Å²) in [4.78, 5) is 23.8. The molecule has 7 nitrogen and oxygen atoms in total. The Balaban J connectivity index is 1.44. The highest BCUT2D eigenvalue weighted by Gasteiger charge is 2.35. The fourth-order valence-electron chi connectivity index (χ4n) is 4.58. The van der Waals surface area contributed by atoms with E-state index in [0.717, 1.165) is 29.1 Å². The van der Waals surface area contributed by atoms with E-state index in [9.17, 15) is 26.4 Å². The zero-order valence-corrected chi connectivity index (χ0v) is 22.1. The number of alkyl halides is 3. The summed E-state index contributed by atoms with van der Waals surface area (Å²) in [5.74, 6) is -0.114. The monoisotopic (exact) mass is 546 g/mol. The number of halogens is 3. The molecule has 2 aromatic heterocycles. The lowest BCUT2D eigenvalue weighted by molar-refractivity contribution is -0.137. The summed E-state index contributed by atoms with van der Waals surface area (Å²) in [6, 6.07) is 10.6. The van der Waals surface area contributed by atoms with Crippen molar-refractivity contribution in [3.05, 3.63) is 88.5 Å². The van der Waals surface area contributed by atoms with E-state index >= 15 is 0 Å². The Labute approximate surface area is 220 Å². The van der Waals surface area contributed by atoms with Crippen LogP contribution in [0.15, 0.2) is 59.8 Å². The average molecular weight is 547 g/mol. The van der Waals surface area contributed by atoms with Crippen molar-refractivity contribution in [2.75, 3.05) is 5.75 Å². The van der Waals surface area contributed by atoms with Gasteiger partial charge in [0.25, 0.3) is 5.91 Å². The normalized spacial score (nSPS) is 16.0. The van der Waals surface area contributed by atoms with Crippen LogP contribution in [0.25, 0.3) is 0 Å². The number of aromatic nitrogens is 2. The molecule has 0 radical (unpaired) electrons. The molecule has 1 amide bonds. The first-order valence-electron chi connectivity index (χ1n) is 12.2. The number of carbonyl (C=O) groups is 1. The summed E-state index contributed by atoms with van der Waals surface area (Å²) in [7, 11) is -3.29. The Hall–Kier alpha value is -3.31. The van der Waals surface area contributed by atoms with Gasteiger partial charge in [-0.25, -0.2) is 8.42 Å². The summed E-state index contributed by atoms with van der Waals surface area (Å²) >= 11 is 0. The second kappa shape index (κ2) is 10.8. The van der Waals surface area contributed by atoms with Gasteiger partial charge in [-0.3, -0.25) is 19.7 Å². The molecule has 1 aliphatic heterocycles. The van der Waals surface area contributed by atoms with Crippen LogP contribution in [0.2, 0.25) is 0 Å². The minimum absolute atomic E-state index is 0.0182. The molecule has 202 valence electrons. The molecule has 3 aromatic rings. The summed E-state index contributed by atoms with van der Waals surface area (Å²) in [5, 5.41) is 2.84. The van der Waals surface area contributed by atoms with Crippen LogP contribution in [-0.4, -0.2) is 34.9 Å². The van der Waals surface area contributed by atoms with Crippen molar-refractivity contribution in [2.24, 2.45) is 5.92 Å². The molecular formula is C27H29F3N4O3S. The smallest absolute Gasteiger partial charge is 0.348 e. The number of amides is 1. The SMILES string of the molecule is CCS(=O)(=O)c1ccc(CNC(=O)c2cnc3c(c2)CN(Cc2ccc(C(F)(F)F)cn2)[C@H]3C(C)C)cc1. The van der Waals surface area contributed by atoms with Gasteiger partial charge in [0, 0.05) is 32.0 Å². The summed E-state index contributed by atoms with van der Waals surface area (Å²) in [6.07, 6.45) is -2.06. The Morgan fingerprint density at radius 1 is 1.11 bits per heavy atom. The highest BCUT2D eigenvalue weighted by molar-refractivity contribution is 7.91. The van der Waals surface area contributed by atoms with Gasteiger partial charge in [0.1, 0.15) is 0 Å². The number of nitrogens with one attached hydrogen (secondary N) is 1. The van der Waals surface area contributed by atoms with Gasteiger partial charge in [-0.15, -0.1) is 0 Å². The number of pyridine rings is 2. The number of fused-ring (bicyclic) bond motifs is 1. The minimum atomic E-state index is -4.43. The number of rotatable bonds is 8. The predicted octanol–water partition coefficient (Wildman–Crippen LogP) is 4.93. The van der Waals surface area contributed by atoms with E-state index in [-0.39, 0.29) is 35.1 Å². The van der Waals surface area contributed by atoms with Gasteiger partial charge in [-0.1, -0.05) is 32.9 Å². The summed E-state index contributed by atoms with van der Waals surface area (Å²) in [6.45, 7) is 6.74. The van der Waals surface area contributed by atoms with Crippen LogP contribution in [0.1, 0.15) is 65.2 Å². The van der Waals surface area contributed by atoms with Crippen LogP contribution in [-0.2, 0) is 35.6 Å². The molecule has 38 heavy (non-hydrogen) atoms. The van der Waals surface area contributed by atoms with E-state index in [1.165, 1.54) is 24.4 Å². The van der Waals surface area contributed by atoms with Crippen molar-refractivity contribution in [3.63, 3.8) is 0 Å². The largest absolute Gasteiger partial charge is 0.417 e. The molecule has 1 atom stereocenters. The molecule has 11 heteroatoms. The van der Waals surface area contributed by atoms with Gasteiger partial charge in [0.2, 0.25) is 0 Å². The second-order valence-electron chi connectivity index (χ2n) is 9.63. The second-order valence-corrected chi connectivity index (χ2v) is 11.9. The van der Waals surface area contributed by atoms with Gasteiger partial charge < -0.3 is 5.32 Å². The van der Waals surface area contributed by atoms with Crippen molar-refractivity contribution in [1.29, 1.82) is 0 Å². The summed E-state index contributed by atoms with van der Waals surface area (Å²) in [5.41, 5.74) is 2.62. The quantitative estimate of drug-likeness (QED) is 0.431. The molecule has 0 aliphatic carbocycles. The van der Waals surface area contributed by atoms with Crippen molar-refractivity contribution < 1.29 is 26.4 Å². The van der Waals surface area contributed by atoms with E-state index in [2.05, 4.69) is 20.2 Å². The lowest BCUT2D eigenvalue weighted by Crippen LogP contribution is -2.26. The number of hydrogen-bond donors (Lipinski definition) is 1. The van der Waals surface area contributed by atoms with Crippen LogP contribution < -0.4 is 5.32 Å². The number of carbonyl (C=O) groups excluding carboxylic acids is 1. The van der Waals surface area contributed by atoms with Crippen LogP contribution in [0.5, 0.6) is 0 Å². The zero-order chi connectivity index (χ0) is 27.7. The zero-order valence-electron chi connectivity index (χ0n) is 21.3. The Kier molecular flexibility index (Phi) is 7.89. The standard InChI is InChI=1S/C27H29F3N4O3S/c1-4-38(36,37)23-9-5-18(6-10-23)12-33-26(35)19-11-20-15-34(25(17(2)3)24(20)32-13-19)16-22-8-7-21(14-31-22)27(28,29)30/h5-11,13-14,17,25H,4,12,15-16H2,1-3H3,(H,33,35)/t25-/m0/s1. The highest BCUT2D eigenvalue weighted by Crippen LogP contribution is 2.38. The fourth-order valence-corrected chi connectivity index (χ4v) is 5.46. The van der Waals surface area contributed by atoms with Crippen molar-refractivity contribution in [3.8, 4) is 0 Å². The predicted molar refractivity (Wildman–Crippen MR) is 136 cm³/mol. The number of benzene rings is 1. The molecule has 0 spiro atoms. The van der Waals surface area contributed by atoms with E-state index in [1.54, 1.807) is 25.1 Å². The topological polar surface area (TPSA) is 92.3 Å². The fraction of sp³-hybridized carbons (Fsp3) is 0.370. The first-order valence-corrected chi connectivity index (χ1v) is 13.9. The molecule has 0 saturated heterocycles. The van der Waals surface area contributed by atoms with E-state index < -0.39 is 21.6 Å². The molecule has 3 heterocycles. The molecular weight excluding hydrogens is 517 g/mol. The highest BCUT2D eigenvalue weighted by atomic mass is 32.2. The van der Waals surface area contributed by atoms with Gasteiger partial charge in [-0.2, -0.15) is 13.2 Å². The lowest BCUT2D eigenvalue weighted by atomic mass is 9.99. The molecule has 0 unspecified atom stereocenters. The minimum Gasteiger partial charge on any atom is -0.348 e. The molecule has 0 fully saturated rings. The Morgan fingerprint density at radius 2 is 1.82 bits per heavy atom. The molecule has 1 aromatic carbocycles. The lowest BCUT2D eigenvalue weighted by Gasteiger charge is -2.27. The number of hydrogen-bond acceptors (Lipinski definition) is 6. The Morgan fingerprint density at radius 3 is 2.39 bits per heavy atom. The van der Waals surface area contributed by atoms with Gasteiger partial charge in [0.15, 0.2) is 9.84 Å². The third-order valence-electron chi connectivity index (χ3n) is 6.57. The van der Waals surface area contributed by atoms with Crippen molar-refractivity contribution in [1.82, 2.24) is 20.2 Å². The average Bonchev–Trinajstić information content (AvgIpc) is 3.24. The third-order valence-corrected chi connectivity index (χ3v) is 8.33. The maximum absolute atomic E-state index is 12.9. The maximum atomic E-state index is 12.9. The van der Waals surface area contributed by atoms with E-state index in [0.29, 0.717) is 24.3 Å². The molecule has 0 bridgehead atoms. The van der Waals surface area contributed by atoms with E-state index in [4.69, 9.17) is 0 Å². The van der Waals surface area contributed by atoms with Crippen molar-refractivity contribution in [2.45, 2.75) is 57.5 Å². The van der Waals surface area contributed by atoms with Crippen LogP contribution in [0, 0.1) is 5.92 Å². The van der Waals surface area contributed by atoms with Crippen LogP contribution >= 0.6 is 0 Å². The van der Waals surface area contributed by atoms with E-state index in [1.807, 2.05) is 13.8 Å². The van der Waals surface area contributed by atoms with Crippen LogP contribution in [0.3, 0.4) is 0 Å². The van der Waals surface area contributed by atoms with Gasteiger partial charge >= 0.3 is 6.18 Å². The first-order chi connectivity index (χ1) is 17.9. The summed E-state index contributed by atoms with van der Waals surface area (Å²) < 4.78 is 62.6. The molecule has 4 rings (SSSR count). The van der Waals surface area contributed by atoms with Crippen LogP contribution in [0.4, 0.5) is 13.2 Å².